The van der Waals surface area contributed by atoms with Crippen molar-refractivity contribution in [3.63, 3.8) is 0 Å². The van der Waals surface area contributed by atoms with Crippen LogP contribution in [0.25, 0.3) is 0 Å². The lowest BCUT2D eigenvalue weighted by molar-refractivity contribution is -0.133. The van der Waals surface area contributed by atoms with E-state index >= 15 is 0 Å². The van der Waals surface area contributed by atoms with Gasteiger partial charge in [0.2, 0.25) is 11.8 Å². The van der Waals surface area contributed by atoms with E-state index in [2.05, 4.69) is 15.2 Å². The van der Waals surface area contributed by atoms with Crippen molar-refractivity contribution >= 4 is 29.0 Å². The zero-order valence-corrected chi connectivity index (χ0v) is 14.2. The second-order valence-corrected chi connectivity index (χ2v) is 6.62. The van der Waals surface area contributed by atoms with Crippen LogP contribution in [0, 0.1) is 0 Å². The number of rotatable bonds is 5. The molecule has 0 aliphatic carbocycles. The molecule has 126 valence electrons. The number of amides is 2. The van der Waals surface area contributed by atoms with Crippen molar-refractivity contribution in [3.05, 3.63) is 46.8 Å². The van der Waals surface area contributed by atoms with E-state index in [-0.39, 0.29) is 18.4 Å². The summed E-state index contributed by atoms with van der Waals surface area (Å²) in [6, 6.07) is 9.66. The number of carbonyl (C=O) groups excluding carboxylic acids is 2. The number of nitrogens with zero attached hydrogens (tertiary/aromatic N) is 3. The molecular formula is C17H20N4O2S. The van der Waals surface area contributed by atoms with Crippen LogP contribution in [0.15, 0.2) is 41.9 Å². The molecule has 0 bridgehead atoms. The van der Waals surface area contributed by atoms with Crippen molar-refractivity contribution in [1.82, 2.24) is 15.2 Å². The number of thiophene rings is 1. The third-order valence-electron chi connectivity index (χ3n) is 3.96. The fourth-order valence-corrected chi connectivity index (χ4v) is 3.35. The quantitative estimate of drug-likeness (QED) is 0.884. The van der Waals surface area contributed by atoms with Gasteiger partial charge in [-0.3, -0.25) is 9.59 Å². The normalized spacial score (nSPS) is 14.5. The molecule has 3 rings (SSSR count). The maximum Gasteiger partial charge on any atom is 0.242 e. The first-order chi connectivity index (χ1) is 11.7. The zero-order valence-electron chi connectivity index (χ0n) is 13.4. The zero-order chi connectivity index (χ0) is 16.8. The monoisotopic (exact) mass is 344 g/mol. The van der Waals surface area contributed by atoms with Gasteiger partial charge in [0.05, 0.1) is 13.0 Å². The summed E-state index contributed by atoms with van der Waals surface area (Å²) >= 11 is 1.54. The summed E-state index contributed by atoms with van der Waals surface area (Å²) in [6.45, 7) is 2.87. The first kappa shape index (κ1) is 16.4. The van der Waals surface area contributed by atoms with Gasteiger partial charge in [0.25, 0.3) is 0 Å². The molecule has 1 aliphatic rings. The fourth-order valence-electron chi connectivity index (χ4n) is 2.65. The van der Waals surface area contributed by atoms with Crippen LogP contribution >= 0.6 is 11.3 Å². The van der Waals surface area contributed by atoms with Gasteiger partial charge in [0.15, 0.2) is 0 Å². The lowest BCUT2D eigenvalue weighted by Gasteiger charge is -2.35. The van der Waals surface area contributed by atoms with E-state index in [4.69, 9.17) is 0 Å². The predicted octanol–water partition coefficient (Wildman–Crippen LogP) is 1.15. The van der Waals surface area contributed by atoms with Crippen LogP contribution in [0.3, 0.4) is 0 Å². The van der Waals surface area contributed by atoms with Crippen molar-refractivity contribution in [2.45, 2.75) is 6.42 Å². The second kappa shape index (κ2) is 7.92. The number of piperazine rings is 1. The van der Waals surface area contributed by atoms with E-state index in [9.17, 15) is 9.59 Å². The first-order valence-electron chi connectivity index (χ1n) is 7.95. The molecule has 0 spiro atoms. The van der Waals surface area contributed by atoms with Gasteiger partial charge in [0.1, 0.15) is 5.82 Å². The van der Waals surface area contributed by atoms with Crippen LogP contribution in [-0.4, -0.2) is 54.4 Å². The summed E-state index contributed by atoms with van der Waals surface area (Å²) in [7, 11) is 0. The molecule has 7 heteroatoms. The lowest BCUT2D eigenvalue weighted by atomic mass is 10.3. The second-order valence-electron chi connectivity index (χ2n) is 5.59. The molecule has 2 aromatic heterocycles. The molecule has 1 fully saturated rings. The van der Waals surface area contributed by atoms with Crippen LogP contribution < -0.4 is 10.2 Å². The van der Waals surface area contributed by atoms with Crippen molar-refractivity contribution < 1.29 is 9.59 Å². The minimum atomic E-state index is -0.113. The smallest absolute Gasteiger partial charge is 0.242 e. The van der Waals surface area contributed by atoms with Crippen LogP contribution in [0.5, 0.6) is 0 Å². The lowest BCUT2D eigenvalue weighted by Crippen LogP contribution is -2.51. The molecule has 0 atom stereocenters. The summed E-state index contributed by atoms with van der Waals surface area (Å²) in [4.78, 5) is 33.4. The van der Waals surface area contributed by atoms with E-state index in [0.29, 0.717) is 19.5 Å². The van der Waals surface area contributed by atoms with Gasteiger partial charge < -0.3 is 15.1 Å². The molecule has 0 aromatic carbocycles. The molecule has 1 N–H and O–H groups in total. The molecule has 0 unspecified atom stereocenters. The summed E-state index contributed by atoms with van der Waals surface area (Å²) in [5.41, 5.74) is 0. The van der Waals surface area contributed by atoms with Gasteiger partial charge in [-0.1, -0.05) is 12.1 Å². The van der Waals surface area contributed by atoms with E-state index in [0.717, 1.165) is 23.8 Å². The molecule has 0 radical (unpaired) electrons. The molecule has 0 saturated carbocycles. The van der Waals surface area contributed by atoms with E-state index in [1.54, 1.807) is 22.4 Å². The third kappa shape index (κ3) is 4.32. The summed E-state index contributed by atoms with van der Waals surface area (Å²) < 4.78 is 0. The first-order valence-corrected chi connectivity index (χ1v) is 8.83. The van der Waals surface area contributed by atoms with E-state index in [1.807, 2.05) is 35.7 Å². The van der Waals surface area contributed by atoms with Crippen LogP contribution in [0.1, 0.15) is 4.88 Å². The number of carbonyl (C=O) groups is 2. The minimum absolute atomic E-state index is 0.0322. The molecule has 2 aromatic rings. The number of anilines is 1. The van der Waals surface area contributed by atoms with Crippen molar-refractivity contribution in [2.24, 2.45) is 0 Å². The van der Waals surface area contributed by atoms with Gasteiger partial charge in [-0.2, -0.15) is 0 Å². The molecule has 24 heavy (non-hydrogen) atoms. The maximum atomic E-state index is 12.2. The Kier molecular flexibility index (Phi) is 5.43. The van der Waals surface area contributed by atoms with Gasteiger partial charge in [-0.25, -0.2) is 4.98 Å². The highest BCUT2D eigenvalue weighted by Gasteiger charge is 2.21. The maximum absolute atomic E-state index is 12.2. The number of pyridine rings is 1. The Balaban J connectivity index is 1.41. The van der Waals surface area contributed by atoms with Gasteiger partial charge in [0, 0.05) is 37.3 Å². The van der Waals surface area contributed by atoms with Crippen molar-refractivity contribution in [3.8, 4) is 0 Å². The van der Waals surface area contributed by atoms with Crippen molar-refractivity contribution in [1.29, 1.82) is 0 Å². The van der Waals surface area contributed by atoms with Gasteiger partial charge in [-0.15, -0.1) is 11.3 Å². The summed E-state index contributed by atoms with van der Waals surface area (Å²) in [6.07, 6.45) is 2.11. The van der Waals surface area contributed by atoms with Gasteiger partial charge >= 0.3 is 0 Å². The fraction of sp³-hybridized carbons (Fsp3) is 0.353. The number of hydrogen-bond acceptors (Lipinski definition) is 5. The Labute approximate surface area is 145 Å². The average molecular weight is 344 g/mol. The summed E-state index contributed by atoms with van der Waals surface area (Å²) in [5.74, 6) is 0.793. The average Bonchev–Trinajstić information content (AvgIpc) is 3.13. The van der Waals surface area contributed by atoms with E-state index in [1.165, 1.54) is 0 Å². The number of hydrogen-bond donors (Lipinski definition) is 1. The standard InChI is InChI=1S/C17H20N4O2S/c22-16(12-14-4-3-11-24-14)19-13-17(23)21-9-7-20(8-10-21)15-5-1-2-6-18-15/h1-6,11H,7-10,12-13H2,(H,19,22). The minimum Gasteiger partial charge on any atom is -0.353 e. The number of aromatic nitrogens is 1. The molecule has 1 saturated heterocycles. The van der Waals surface area contributed by atoms with Gasteiger partial charge in [-0.05, 0) is 23.6 Å². The highest BCUT2D eigenvalue weighted by atomic mass is 32.1. The largest absolute Gasteiger partial charge is 0.353 e. The van der Waals surface area contributed by atoms with Crippen molar-refractivity contribution in [2.75, 3.05) is 37.6 Å². The Hall–Kier alpha value is -2.41. The Bertz CT molecular complexity index is 667. The number of nitrogens with one attached hydrogen (secondary N) is 1. The van der Waals surface area contributed by atoms with E-state index < -0.39 is 0 Å². The van der Waals surface area contributed by atoms with Crippen LogP contribution in [-0.2, 0) is 16.0 Å². The van der Waals surface area contributed by atoms with Crippen LogP contribution in [0.4, 0.5) is 5.82 Å². The SMILES string of the molecule is O=C(Cc1cccs1)NCC(=O)N1CCN(c2ccccn2)CC1. The molecule has 6 nitrogen and oxygen atoms in total. The molecule has 1 aliphatic heterocycles. The Morgan fingerprint density at radius 2 is 1.96 bits per heavy atom. The highest BCUT2D eigenvalue weighted by molar-refractivity contribution is 7.10. The Morgan fingerprint density at radius 3 is 2.62 bits per heavy atom. The van der Waals surface area contributed by atoms with Crippen LogP contribution in [0.2, 0.25) is 0 Å². The molecular weight excluding hydrogens is 324 g/mol. The predicted molar refractivity (Wildman–Crippen MR) is 94.1 cm³/mol. The Morgan fingerprint density at radius 1 is 1.12 bits per heavy atom. The molecule has 2 amide bonds. The highest BCUT2D eigenvalue weighted by Crippen LogP contribution is 2.12. The summed E-state index contributed by atoms with van der Waals surface area (Å²) in [5, 5.41) is 4.65. The third-order valence-corrected chi connectivity index (χ3v) is 4.83. The topological polar surface area (TPSA) is 65.5 Å². The molecule has 3 heterocycles.